The average molecular weight is 275 g/mol. The van der Waals surface area contributed by atoms with E-state index in [1.165, 1.54) is 12.8 Å². The van der Waals surface area contributed by atoms with Crippen LogP contribution in [0.1, 0.15) is 25.7 Å². The van der Waals surface area contributed by atoms with Gasteiger partial charge in [0.2, 0.25) is 5.91 Å². The number of carbonyl (C=O) groups excluding carboxylic acids is 1. The molecule has 0 bridgehead atoms. The van der Waals surface area contributed by atoms with E-state index in [-0.39, 0.29) is 11.8 Å². The normalized spacial score (nSPS) is 20.1. The largest absolute Gasteiger partial charge is 0.378 e. The van der Waals surface area contributed by atoms with E-state index >= 15 is 0 Å². The molecule has 108 valence electrons. The topological polar surface area (TPSA) is 54.5 Å². The first-order chi connectivity index (χ1) is 9.83. The van der Waals surface area contributed by atoms with Gasteiger partial charge in [-0.05, 0) is 25.0 Å². The minimum Gasteiger partial charge on any atom is -0.378 e. The fraction of sp³-hybridized carbons (Fsp3) is 0.600. The zero-order valence-corrected chi connectivity index (χ0v) is 11.7. The van der Waals surface area contributed by atoms with Crippen LogP contribution in [0.25, 0.3) is 0 Å². The van der Waals surface area contributed by atoms with Crippen LogP contribution in [0.3, 0.4) is 0 Å². The summed E-state index contributed by atoms with van der Waals surface area (Å²) in [6, 6.07) is 3.90. The Kier molecular flexibility index (Phi) is 4.16. The lowest BCUT2D eigenvalue weighted by molar-refractivity contribution is -0.119. The van der Waals surface area contributed by atoms with Gasteiger partial charge in [-0.1, -0.05) is 12.8 Å². The summed E-state index contributed by atoms with van der Waals surface area (Å²) in [5, 5.41) is 2.97. The Labute approximate surface area is 119 Å². The Morgan fingerprint density at radius 2 is 2.00 bits per heavy atom. The first-order valence-corrected chi connectivity index (χ1v) is 7.42. The summed E-state index contributed by atoms with van der Waals surface area (Å²) in [7, 11) is 0. The van der Waals surface area contributed by atoms with Crippen LogP contribution in [0.15, 0.2) is 18.3 Å². The highest BCUT2D eigenvalue weighted by Gasteiger charge is 2.22. The third kappa shape index (κ3) is 3.10. The maximum atomic E-state index is 12.0. The third-order valence-electron chi connectivity index (χ3n) is 4.08. The number of aromatic nitrogens is 1. The molecule has 5 nitrogen and oxygen atoms in total. The number of nitrogens with one attached hydrogen (secondary N) is 1. The Balaban J connectivity index is 1.59. The second-order valence-corrected chi connectivity index (χ2v) is 5.48. The van der Waals surface area contributed by atoms with Crippen molar-refractivity contribution >= 4 is 17.4 Å². The second kappa shape index (κ2) is 6.22. The van der Waals surface area contributed by atoms with Crippen LogP contribution < -0.4 is 10.2 Å². The number of anilines is 2. The number of rotatable bonds is 3. The number of hydrogen-bond donors (Lipinski definition) is 1. The van der Waals surface area contributed by atoms with Gasteiger partial charge in [-0.2, -0.15) is 0 Å². The smallest absolute Gasteiger partial charge is 0.227 e. The monoisotopic (exact) mass is 275 g/mol. The van der Waals surface area contributed by atoms with Crippen LogP contribution in [0.4, 0.5) is 11.5 Å². The van der Waals surface area contributed by atoms with Crippen molar-refractivity contribution in [1.82, 2.24) is 4.98 Å². The van der Waals surface area contributed by atoms with Crippen molar-refractivity contribution in [3.63, 3.8) is 0 Å². The maximum Gasteiger partial charge on any atom is 0.227 e. The number of hydrogen-bond acceptors (Lipinski definition) is 4. The summed E-state index contributed by atoms with van der Waals surface area (Å²) in [4.78, 5) is 18.7. The van der Waals surface area contributed by atoms with Crippen molar-refractivity contribution in [2.75, 3.05) is 36.5 Å². The summed E-state index contributed by atoms with van der Waals surface area (Å²) in [6.45, 7) is 3.26. The van der Waals surface area contributed by atoms with Gasteiger partial charge in [0.1, 0.15) is 5.82 Å². The van der Waals surface area contributed by atoms with Gasteiger partial charge in [0.15, 0.2) is 0 Å². The van der Waals surface area contributed by atoms with Gasteiger partial charge in [0.25, 0.3) is 0 Å². The lowest BCUT2D eigenvalue weighted by Crippen LogP contribution is -2.36. The standard InChI is InChI=1S/C15H21N3O2/c19-15(12-3-1-2-4-12)17-13-5-6-14(16-11-13)18-7-9-20-10-8-18/h5-6,11-12H,1-4,7-10H2,(H,17,19). The van der Waals surface area contributed by atoms with Gasteiger partial charge >= 0.3 is 0 Å². The van der Waals surface area contributed by atoms with Gasteiger partial charge < -0.3 is 15.0 Å². The van der Waals surface area contributed by atoms with Crippen molar-refractivity contribution < 1.29 is 9.53 Å². The molecule has 1 aliphatic carbocycles. The summed E-state index contributed by atoms with van der Waals surface area (Å²) < 4.78 is 5.33. The Hall–Kier alpha value is -1.62. The molecule has 1 saturated carbocycles. The number of morpholine rings is 1. The predicted octanol–water partition coefficient (Wildman–Crippen LogP) is 2.05. The van der Waals surface area contributed by atoms with E-state index in [1.54, 1.807) is 6.20 Å². The van der Waals surface area contributed by atoms with E-state index in [9.17, 15) is 4.79 Å². The minimum absolute atomic E-state index is 0.142. The van der Waals surface area contributed by atoms with Crippen molar-refractivity contribution in [2.45, 2.75) is 25.7 Å². The van der Waals surface area contributed by atoms with E-state index in [4.69, 9.17) is 4.74 Å². The van der Waals surface area contributed by atoms with Crippen molar-refractivity contribution in [3.05, 3.63) is 18.3 Å². The number of amides is 1. The quantitative estimate of drug-likeness (QED) is 0.917. The molecule has 2 fully saturated rings. The summed E-state index contributed by atoms with van der Waals surface area (Å²) in [5.41, 5.74) is 0.791. The molecular formula is C15H21N3O2. The van der Waals surface area contributed by atoms with Gasteiger partial charge in [-0.15, -0.1) is 0 Å². The highest BCUT2D eigenvalue weighted by molar-refractivity contribution is 5.92. The molecule has 1 amide bonds. The minimum atomic E-state index is 0.142. The molecule has 3 rings (SSSR count). The first kappa shape index (κ1) is 13.4. The van der Waals surface area contributed by atoms with E-state index in [0.717, 1.165) is 50.7 Å². The maximum absolute atomic E-state index is 12.0. The second-order valence-electron chi connectivity index (χ2n) is 5.48. The molecule has 0 radical (unpaired) electrons. The van der Waals surface area contributed by atoms with Gasteiger partial charge in [0, 0.05) is 19.0 Å². The average Bonchev–Trinajstić information content (AvgIpc) is 3.03. The molecule has 1 aromatic heterocycles. The molecule has 0 spiro atoms. The Morgan fingerprint density at radius 1 is 1.25 bits per heavy atom. The van der Waals surface area contributed by atoms with Gasteiger partial charge in [-0.3, -0.25) is 4.79 Å². The number of ether oxygens (including phenoxy) is 1. The van der Waals surface area contributed by atoms with E-state index in [2.05, 4.69) is 15.2 Å². The highest BCUT2D eigenvalue weighted by Crippen LogP contribution is 2.26. The Morgan fingerprint density at radius 3 is 2.65 bits per heavy atom. The predicted molar refractivity (Wildman–Crippen MR) is 77.9 cm³/mol. The molecule has 1 aromatic rings. The molecule has 1 N–H and O–H groups in total. The van der Waals surface area contributed by atoms with Crippen LogP contribution in [-0.4, -0.2) is 37.2 Å². The number of pyridine rings is 1. The fourth-order valence-electron chi connectivity index (χ4n) is 2.87. The van der Waals surface area contributed by atoms with Crippen LogP contribution in [-0.2, 0) is 9.53 Å². The summed E-state index contributed by atoms with van der Waals surface area (Å²) in [6.07, 6.45) is 6.13. The fourth-order valence-corrected chi connectivity index (χ4v) is 2.87. The third-order valence-corrected chi connectivity index (χ3v) is 4.08. The lowest BCUT2D eigenvalue weighted by Gasteiger charge is -2.27. The Bertz CT molecular complexity index is 449. The molecule has 2 aliphatic rings. The lowest BCUT2D eigenvalue weighted by atomic mass is 10.1. The zero-order valence-electron chi connectivity index (χ0n) is 11.7. The molecule has 20 heavy (non-hydrogen) atoms. The van der Waals surface area contributed by atoms with Crippen molar-refractivity contribution in [2.24, 2.45) is 5.92 Å². The van der Waals surface area contributed by atoms with E-state index in [1.807, 2.05) is 12.1 Å². The van der Waals surface area contributed by atoms with Gasteiger partial charge in [-0.25, -0.2) is 4.98 Å². The van der Waals surface area contributed by atoms with Crippen LogP contribution in [0, 0.1) is 5.92 Å². The van der Waals surface area contributed by atoms with Crippen molar-refractivity contribution in [1.29, 1.82) is 0 Å². The molecule has 0 atom stereocenters. The molecule has 1 saturated heterocycles. The van der Waals surface area contributed by atoms with E-state index in [0.29, 0.717) is 0 Å². The SMILES string of the molecule is O=C(Nc1ccc(N2CCOCC2)nc1)C1CCCC1. The highest BCUT2D eigenvalue weighted by atomic mass is 16.5. The van der Waals surface area contributed by atoms with Crippen LogP contribution in [0.5, 0.6) is 0 Å². The zero-order chi connectivity index (χ0) is 13.8. The molecule has 2 heterocycles. The molecule has 5 heteroatoms. The molecule has 1 aliphatic heterocycles. The van der Waals surface area contributed by atoms with Gasteiger partial charge in [0.05, 0.1) is 25.1 Å². The molecule has 0 unspecified atom stereocenters. The van der Waals surface area contributed by atoms with Crippen molar-refractivity contribution in [3.8, 4) is 0 Å². The van der Waals surface area contributed by atoms with Crippen LogP contribution >= 0.6 is 0 Å². The van der Waals surface area contributed by atoms with Crippen LogP contribution in [0.2, 0.25) is 0 Å². The van der Waals surface area contributed by atoms with E-state index < -0.39 is 0 Å². The summed E-state index contributed by atoms with van der Waals surface area (Å²) >= 11 is 0. The molecular weight excluding hydrogens is 254 g/mol. The number of carbonyl (C=O) groups is 1. The number of nitrogens with zero attached hydrogens (tertiary/aromatic N) is 2. The summed E-state index contributed by atoms with van der Waals surface area (Å²) in [5.74, 6) is 1.28. The first-order valence-electron chi connectivity index (χ1n) is 7.42. The molecule has 0 aromatic carbocycles.